The van der Waals surface area contributed by atoms with Crippen LogP contribution in [0.1, 0.15) is 29.8 Å². The third kappa shape index (κ3) is 7.58. The number of rotatable bonds is 12. The van der Waals surface area contributed by atoms with Crippen molar-refractivity contribution in [1.29, 1.82) is 0 Å². The van der Waals surface area contributed by atoms with Crippen LogP contribution in [0.4, 0.5) is 0 Å². The molecule has 2 aromatic carbocycles. The van der Waals surface area contributed by atoms with E-state index >= 15 is 0 Å². The number of hydrogen-bond donors (Lipinski definition) is 1. The van der Waals surface area contributed by atoms with Crippen LogP contribution >= 0.6 is 0 Å². The van der Waals surface area contributed by atoms with Crippen LogP contribution in [0.15, 0.2) is 54.6 Å². The van der Waals surface area contributed by atoms with Gasteiger partial charge in [-0.1, -0.05) is 42.5 Å². The fourth-order valence-electron chi connectivity index (χ4n) is 2.84. The number of para-hydroxylation sites is 1. The van der Waals surface area contributed by atoms with E-state index in [0.29, 0.717) is 44.2 Å². The SMILES string of the molecule is CCOCCOc1ccccc1C(=O)NCC(Cc1ccccc1)C(=O)OCC. The van der Waals surface area contributed by atoms with E-state index in [1.807, 2.05) is 43.3 Å². The summed E-state index contributed by atoms with van der Waals surface area (Å²) in [5, 5.41) is 2.85. The molecule has 1 atom stereocenters. The van der Waals surface area contributed by atoms with Crippen molar-refractivity contribution in [1.82, 2.24) is 5.32 Å². The number of ether oxygens (including phenoxy) is 3. The highest BCUT2D eigenvalue weighted by Crippen LogP contribution is 2.18. The zero-order valence-corrected chi connectivity index (χ0v) is 17.1. The summed E-state index contributed by atoms with van der Waals surface area (Å²) >= 11 is 0. The molecule has 1 unspecified atom stereocenters. The lowest BCUT2D eigenvalue weighted by atomic mass is 9.99. The molecule has 0 aliphatic rings. The maximum atomic E-state index is 12.7. The van der Waals surface area contributed by atoms with Gasteiger partial charge in [-0.2, -0.15) is 0 Å². The minimum atomic E-state index is -0.465. The van der Waals surface area contributed by atoms with Gasteiger partial charge in [-0.25, -0.2) is 0 Å². The monoisotopic (exact) mass is 399 g/mol. The number of carbonyl (C=O) groups is 2. The molecule has 0 radical (unpaired) electrons. The van der Waals surface area contributed by atoms with Gasteiger partial charge in [0.1, 0.15) is 12.4 Å². The Morgan fingerprint density at radius 3 is 2.38 bits per heavy atom. The Hall–Kier alpha value is -2.86. The van der Waals surface area contributed by atoms with Crippen LogP contribution in [0.25, 0.3) is 0 Å². The van der Waals surface area contributed by atoms with Crippen molar-refractivity contribution in [2.45, 2.75) is 20.3 Å². The Bertz CT molecular complexity index is 763. The van der Waals surface area contributed by atoms with Crippen molar-refractivity contribution < 1.29 is 23.8 Å². The average molecular weight is 399 g/mol. The van der Waals surface area contributed by atoms with Crippen LogP contribution in [0, 0.1) is 5.92 Å². The number of nitrogens with one attached hydrogen (secondary N) is 1. The summed E-state index contributed by atoms with van der Waals surface area (Å²) in [6, 6.07) is 16.7. The fraction of sp³-hybridized carbons (Fsp3) is 0.391. The summed E-state index contributed by atoms with van der Waals surface area (Å²) in [5.74, 6) is -0.593. The lowest BCUT2D eigenvalue weighted by molar-refractivity contribution is -0.147. The molecule has 0 aromatic heterocycles. The fourth-order valence-corrected chi connectivity index (χ4v) is 2.84. The van der Waals surface area contributed by atoms with Gasteiger partial charge >= 0.3 is 5.97 Å². The van der Waals surface area contributed by atoms with Crippen LogP contribution < -0.4 is 10.1 Å². The van der Waals surface area contributed by atoms with Crippen molar-refractivity contribution in [3.05, 3.63) is 65.7 Å². The maximum Gasteiger partial charge on any atom is 0.311 e. The summed E-state index contributed by atoms with van der Waals surface area (Å²) in [4.78, 5) is 25.1. The smallest absolute Gasteiger partial charge is 0.311 e. The van der Waals surface area contributed by atoms with E-state index in [0.717, 1.165) is 5.56 Å². The Labute approximate surface area is 172 Å². The number of esters is 1. The van der Waals surface area contributed by atoms with Crippen LogP contribution in [0.2, 0.25) is 0 Å². The molecule has 0 aliphatic heterocycles. The van der Waals surface area contributed by atoms with Gasteiger partial charge < -0.3 is 19.5 Å². The Kier molecular flexibility index (Phi) is 9.72. The summed E-state index contributed by atoms with van der Waals surface area (Å²) < 4.78 is 16.1. The Morgan fingerprint density at radius 2 is 1.66 bits per heavy atom. The standard InChI is InChI=1S/C23H29NO5/c1-3-27-14-15-29-21-13-9-8-12-20(21)22(25)24-17-19(23(26)28-4-2)16-18-10-6-5-7-11-18/h5-13,19H,3-4,14-17H2,1-2H3,(H,24,25). The van der Waals surface area contributed by atoms with E-state index in [1.54, 1.807) is 25.1 Å². The van der Waals surface area contributed by atoms with Crippen molar-refractivity contribution in [3.8, 4) is 5.75 Å². The maximum absolute atomic E-state index is 12.7. The molecular weight excluding hydrogens is 370 g/mol. The molecule has 6 nitrogen and oxygen atoms in total. The first-order valence-electron chi connectivity index (χ1n) is 9.94. The Balaban J connectivity index is 2.01. The minimum Gasteiger partial charge on any atom is -0.490 e. The first-order valence-corrected chi connectivity index (χ1v) is 9.94. The van der Waals surface area contributed by atoms with E-state index in [2.05, 4.69) is 5.32 Å². The molecule has 0 saturated heterocycles. The van der Waals surface area contributed by atoms with Gasteiger partial charge in [-0.05, 0) is 38.0 Å². The van der Waals surface area contributed by atoms with E-state index in [1.165, 1.54) is 0 Å². The summed E-state index contributed by atoms with van der Waals surface area (Å²) in [6.45, 7) is 5.59. The summed E-state index contributed by atoms with van der Waals surface area (Å²) in [5.41, 5.74) is 1.44. The van der Waals surface area contributed by atoms with Gasteiger partial charge in [-0.15, -0.1) is 0 Å². The van der Waals surface area contributed by atoms with Crippen molar-refractivity contribution in [3.63, 3.8) is 0 Å². The predicted molar refractivity (Wildman–Crippen MR) is 111 cm³/mol. The van der Waals surface area contributed by atoms with Gasteiger partial charge in [0, 0.05) is 13.2 Å². The largest absolute Gasteiger partial charge is 0.490 e. The Morgan fingerprint density at radius 1 is 0.931 bits per heavy atom. The number of benzene rings is 2. The average Bonchev–Trinajstić information content (AvgIpc) is 2.75. The second-order valence-corrected chi connectivity index (χ2v) is 6.39. The highest BCUT2D eigenvalue weighted by atomic mass is 16.5. The number of hydrogen-bond acceptors (Lipinski definition) is 5. The second kappa shape index (κ2) is 12.6. The third-order valence-electron chi connectivity index (χ3n) is 4.27. The molecule has 0 saturated carbocycles. The van der Waals surface area contributed by atoms with Crippen LogP contribution in [0.5, 0.6) is 5.75 Å². The molecule has 0 spiro atoms. The first-order chi connectivity index (χ1) is 14.2. The third-order valence-corrected chi connectivity index (χ3v) is 4.27. The molecule has 1 N–H and O–H groups in total. The molecular formula is C23H29NO5. The quantitative estimate of drug-likeness (QED) is 0.438. The summed E-state index contributed by atoms with van der Waals surface area (Å²) in [7, 11) is 0. The summed E-state index contributed by atoms with van der Waals surface area (Å²) in [6.07, 6.45) is 0.493. The van der Waals surface area contributed by atoms with Crippen LogP contribution in [0.3, 0.4) is 0 Å². The van der Waals surface area contributed by atoms with Gasteiger partial charge in [0.25, 0.3) is 5.91 Å². The highest BCUT2D eigenvalue weighted by Gasteiger charge is 2.22. The molecule has 2 aromatic rings. The number of amides is 1. The van der Waals surface area contributed by atoms with Gasteiger partial charge in [0.15, 0.2) is 0 Å². The van der Waals surface area contributed by atoms with E-state index in [9.17, 15) is 9.59 Å². The first kappa shape index (κ1) is 22.4. The van der Waals surface area contributed by atoms with Gasteiger partial charge in [-0.3, -0.25) is 9.59 Å². The van der Waals surface area contributed by atoms with Crippen molar-refractivity contribution in [2.24, 2.45) is 5.92 Å². The topological polar surface area (TPSA) is 73.9 Å². The molecule has 0 heterocycles. The minimum absolute atomic E-state index is 0.180. The normalized spacial score (nSPS) is 11.5. The van der Waals surface area contributed by atoms with Crippen molar-refractivity contribution >= 4 is 11.9 Å². The zero-order chi connectivity index (χ0) is 20.9. The molecule has 0 fully saturated rings. The van der Waals surface area contributed by atoms with E-state index in [-0.39, 0.29) is 18.4 Å². The predicted octanol–water partition coefficient (Wildman–Crippen LogP) is 3.25. The molecule has 2 rings (SSSR count). The molecule has 0 aliphatic carbocycles. The van der Waals surface area contributed by atoms with Crippen LogP contribution in [-0.4, -0.2) is 44.8 Å². The van der Waals surface area contributed by atoms with Crippen LogP contribution in [-0.2, 0) is 20.7 Å². The lowest BCUT2D eigenvalue weighted by Crippen LogP contribution is -2.35. The number of carbonyl (C=O) groups excluding carboxylic acids is 2. The molecule has 1 amide bonds. The molecule has 0 bridgehead atoms. The highest BCUT2D eigenvalue weighted by molar-refractivity contribution is 5.97. The molecule has 6 heteroatoms. The van der Waals surface area contributed by atoms with Crippen molar-refractivity contribution in [2.75, 3.05) is 33.0 Å². The van der Waals surface area contributed by atoms with Gasteiger partial charge in [0.05, 0.1) is 24.7 Å². The molecule has 156 valence electrons. The van der Waals surface area contributed by atoms with E-state index in [4.69, 9.17) is 14.2 Å². The molecule has 29 heavy (non-hydrogen) atoms. The lowest BCUT2D eigenvalue weighted by Gasteiger charge is -2.17. The second-order valence-electron chi connectivity index (χ2n) is 6.39. The zero-order valence-electron chi connectivity index (χ0n) is 17.1. The van der Waals surface area contributed by atoms with Gasteiger partial charge in [0.2, 0.25) is 0 Å². The van der Waals surface area contributed by atoms with E-state index < -0.39 is 5.92 Å².